The summed E-state index contributed by atoms with van der Waals surface area (Å²) in [7, 11) is 1.80. The molecule has 0 unspecified atom stereocenters. The second-order valence-electron chi connectivity index (χ2n) is 4.59. The van der Waals surface area contributed by atoms with Crippen LogP contribution in [-0.2, 0) is 0 Å². The third kappa shape index (κ3) is 2.71. The Labute approximate surface area is 122 Å². The highest BCUT2D eigenvalue weighted by molar-refractivity contribution is 9.10. The average Bonchev–Trinajstić information content (AvgIpc) is 2.41. The third-order valence-electron chi connectivity index (χ3n) is 3.20. The number of hydrogen-bond acceptors (Lipinski definition) is 1. The number of halogens is 1. The van der Waals surface area contributed by atoms with Gasteiger partial charge in [-0.15, -0.1) is 0 Å². The summed E-state index contributed by atoms with van der Waals surface area (Å²) in [6.07, 6.45) is 0. The molecule has 2 aromatic rings. The van der Waals surface area contributed by atoms with Gasteiger partial charge in [0.25, 0.3) is 5.91 Å². The molecule has 0 N–H and O–H groups in total. The van der Waals surface area contributed by atoms with E-state index in [2.05, 4.69) is 15.9 Å². The number of hydrogen-bond donors (Lipinski definition) is 0. The van der Waals surface area contributed by atoms with E-state index in [9.17, 15) is 4.79 Å². The van der Waals surface area contributed by atoms with Crippen LogP contribution in [0.2, 0.25) is 0 Å². The van der Waals surface area contributed by atoms with Crippen LogP contribution >= 0.6 is 15.9 Å². The van der Waals surface area contributed by atoms with Gasteiger partial charge in [-0.3, -0.25) is 4.79 Å². The maximum atomic E-state index is 12.6. The van der Waals surface area contributed by atoms with E-state index in [1.807, 2.05) is 56.3 Å². The largest absolute Gasteiger partial charge is 0.311 e. The molecule has 2 aromatic carbocycles. The summed E-state index contributed by atoms with van der Waals surface area (Å²) in [6, 6.07) is 13.6. The number of nitrogens with zero attached hydrogens (tertiary/aromatic N) is 1. The summed E-state index contributed by atoms with van der Waals surface area (Å²) in [5.41, 5.74) is 3.76. The summed E-state index contributed by atoms with van der Waals surface area (Å²) in [4.78, 5) is 14.3. The zero-order chi connectivity index (χ0) is 14.0. The Morgan fingerprint density at radius 1 is 1.00 bits per heavy atom. The minimum absolute atomic E-state index is 0.00937. The Morgan fingerprint density at radius 2 is 1.63 bits per heavy atom. The highest BCUT2D eigenvalue weighted by atomic mass is 79.9. The van der Waals surface area contributed by atoms with Gasteiger partial charge in [0.2, 0.25) is 0 Å². The van der Waals surface area contributed by atoms with Crippen LogP contribution in [0.4, 0.5) is 5.69 Å². The summed E-state index contributed by atoms with van der Waals surface area (Å²) in [5.74, 6) is -0.00937. The molecule has 2 rings (SSSR count). The molecule has 19 heavy (non-hydrogen) atoms. The van der Waals surface area contributed by atoms with Crippen LogP contribution in [-0.4, -0.2) is 13.0 Å². The maximum Gasteiger partial charge on any atom is 0.259 e. The number of benzene rings is 2. The molecule has 98 valence electrons. The standard InChI is InChI=1S/C16H16BrNO/c1-11-7-4-5-10-14(11)18(3)16(19)13-9-6-8-12(2)15(13)17/h4-10H,1-3H3. The Bertz CT molecular complexity index is 622. The Hall–Kier alpha value is -1.61. The Balaban J connectivity index is 2.40. The molecule has 3 heteroatoms. The van der Waals surface area contributed by atoms with Gasteiger partial charge in [0.1, 0.15) is 0 Å². The SMILES string of the molecule is Cc1ccccc1N(C)C(=O)c1cccc(C)c1Br. The number of anilines is 1. The summed E-state index contributed by atoms with van der Waals surface area (Å²) < 4.78 is 0.862. The van der Waals surface area contributed by atoms with E-state index >= 15 is 0 Å². The number of aryl methyl sites for hydroxylation is 2. The quantitative estimate of drug-likeness (QED) is 0.806. The van der Waals surface area contributed by atoms with Crippen molar-refractivity contribution in [1.82, 2.24) is 0 Å². The molecular formula is C16H16BrNO. The highest BCUT2D eigenvalue weighted by Gasteiger charge is 2.17. The summed E-state index contributed by atoms with van der Waals surface area (Å²) >= 11 is 3.49. The first kappa shape index (κ1) is 13.8. The lowest BCUT2D eigenvalue weighted by Crippen LogP contribution is -2.27. The first-order valence-corrected chi connectivity index (χ1v) is 6.90. The lowest BCUT2D eigenvalue weighted by Gasteiger charge is -2.20. The molecule has 2 nitrogen and oxygen atoms in total. The van der Waals surface area contributed by atoms with Crippen LogP contribution in [0.15, 0.2) is 46.9 Å². The molecule has 1 amide bonds. The van der Waals surface area contributed by atoms with Crippen molar-refractivity contribution in [2.75, 3.05) is 11.9 Å². The zero-order valence-electron chi connectivity index (χ0n) is 11.3. The number of para-hydroxylation sites is 1. The lowest BCUT2D eigenvalue weighted by molar-refractivity contribution is 0.0992. The smallest absolute Gasteiger partial charge is 0.259 e. The minimum Gasteiger partial charge on any atom is -0.311 e. The average molecular weight is 318 g/mol. The first-order chi connectivity index (χ1) is 9.02. The number of amides is 1. The molecule has 0 aliphatic heterocycles. The Morgan fingerprint density at radius 3 is 2.32 bits per heavy atom. The second-order valence-corrected chi connectivity index (χ2v) is 5.38. The van der Waals surface area contributed by atoms with Crippen molar-refractivity contribution in [2.45, 2.75) is 13.8 Å². The van der Waals surface area contributed by atoms with Gasteiger partial charge in [-0.05, 0) is 53.0 Å². The second kappa shape index (κ2) is 5.57. The predicted molar refractivity (Wildman–Crippen MR) is 82.8 cm³/mol. The van der Waals surface area contributed by atoms with Crippen LogP contribution in [0, 0.1) is 13.8 Å². The van der Waals surface area contributed by atoms with E-state index in [0.29, 0.717) is 5.56 Å². The minimum atomic E-state index is -0.00937. The molecule has 0 heterocycles. The van der Waals surface area contributed by atoms with Gasteiger partial charge < -0.3 is 4.90 Å². The number of rotatable bonds is 2. The van der Waals surface area contributed by atoms with Gasteiger partial charge in [0, 0.05) is 17.2 Å². The molecule has 0 bridgehead atoms. The molecule has 0 aliphatic rings. The lowest BCUT2D eigenvalue weighted by atomic mass is 10.1. The van der Waals surface area contributed by atoms with Gasteiger partial charge in [0.05, 0.1) is 5.56 Å². The molecule has 0 radical (unpaired) electrons. The fraction of sp³-hybridized carbons (Fsp3) is 0.188. The summed E-state index contributed by atoms with van der Waals surface area (Å²) in [6.45, 7) is 3.99. The highest BCUT2D eigenvalue weighted by Crippen LogP contribution is 2.25. The first-order valence-electron chi connectivity index (χ1n) is 6.11. The van der Waals surface area contributed by atoms with Gasteiger partial charge in [-0.25, -0.2) is 0 Å². The van der Waals surface area contributed by atoms with Crippen LogP contribution < -0.4 is 4.90 Å². The van der Waals surface area contributed by atoms with E-state index < -0.39 is 0 Å². The molecule has 0 saturated heterocycles. The normalized spacial score (nSPS) is 10.3. The van der Waals surface area contributed by atoms with E-state index in [1.165, 1.54) is 0 Å². The van der Waals surface area contributed by atoms with Crippen LogP contribution in [0.25, 0.3) is 0 Å². The van der Waals surface area contributed by atoms with Crippen molar-refractivity contribution in [2.24, 2.45) is 0 Å². The van der Waals surface area contributed by atoms with E-state index in [-0.39, 0.29) is 5.91 Å². The monoisotopic (exact) mass is 317 g/mol. The zero-order valence-corrected chi connectivity index (χ0v) is 12.9. The van der Waals surface area contributed by atoms with Gasteiger partial charge in [0.15, 0.2) is 0 Å². The fourth-order valence-electron chi connectivity index (χ4n) is 2.04. The molecule has 0 fully saturated rings. The molecule has 0 atom stereocenters. The van der Waals surface area contributed by atoms with Crippen molar-refractivity contribution >= 4 is 27.5 Å². The van der Waals surface area contributed by atoms with Crippen molar-refractivity contribution in [3.63, 3.8) is 0 Å². The van der Waals surface area contributed by atoms with Crippen molar-refractivity contribution in [3.05, 3.63) is 63.6 Å². The topological polar surface area (TPSA) is 20.3 Å². The van der Waals surface area contributed by atoms with Crippen molar-refractivity contribution in [3.8, 4) is 0 Å². The van der Waals surface area contributed by atoms with Gasteiger partial charge >= 0.3 is 0 Å². The van der Waals surface area contributed by atoms with Gasteiger partial charge in [-0.1, -0.05) is 30.3 Å². The summed E-state index contributed by atoms with van der Waals surface area (Å²) in [5, 5.41) is 0. The molecule has 0 aromatic heterocycles. The Kier molecular flexibility index (Phi) is 4.05. The number of carbonyl (C=O) groups excluding carboxylic acids is 1. The van der Waals surface area contributed by atoms with Crippen molar-refractivity contribution in [1.29, 1.82) is 0 Å². The molecule has 0 saturated carbocycles. The van der Waals surface area contributed by atoms with Gasteiger partial charge in [-0.2, -0.15) is 0 Å². The molecule has 0 aliphatic carbocycles. The molecule has 0 spiro atoms. The molecular weight excluding hydrogens is 302 g/mol. The van der Waals surface area contributed by atoms with E-state index in [4.69, 9.17) is 0 Å². The maximum absolute atomic E-state index is 12.6. The van der Waals surface area contributed by atoms with Crippen LogP contribution in [0.3, 0.4) is 0 Å². The van der Waals surface area contributed by atoms with Crippen LogP contribution in [0.5, 0.6) is 0 Å². The van der Waals surface area contributed by atoms with Crippen LogP contribution in [0.1, 0.15) is 21.5 Å². The third-order valence-corrected chi connectivity index (χ3v) is 4.26. The number of carbonyl (C=O) groups is 1. The van der Waals surface area contributed by atoms with E-state index in [1.54, 1.807) is 11.9 Å². The predicted octanol–water partition coefficient (Wildman–Crippen LogP) is 4.34. The van der Waals surface area contributed by atoms with Crippen molar-refractivity contribution < 1.29 is 4.79 Å². The fourth-order valence-corrected chi connectivity index (χ4v) is 2.48. The van der Waals surface area contributed by atoms with E-state index in [0.717, 1.165) is 21.3 Å².